The molecule has 1 unspecified atom stereocenters. The first-order chi connectivity index (χ1) is 10.3. The van der Waals surface area contributed by atoms with E-state index in [0.29, 0.717) is 16.5 Å². The molecule has 0 spiro atoms. The first-order valence-electron chi connectivity index (χ1n) is 7.09. The van der Waals surface area contributed by atoms with Crippen molar-refractivity contribution in [2.75, 3.05) is 18.6 Å². The second-order valence-electron chi connectivity index (χ2n) is 5.11. The van der Waals surface area contributed by atoms with Gasteiger partial charge in [0.15, 0.2) is 5.82 Å². The number of aromatic nitrogens is 2. The van der Waals surface area contributed by atoms with Crippen LogP contribution in [-0.2, 0) is 6.42 Å². The van der Waals surface area contributed by atoms with E-state index in [0.717, 1.165) is 17.8 Å². The third-order valence-electron chi connectivity index (χ3n) is 3.50. The van der Waals surface area contributed by atoms with Gasteiger partial charge in [-0.2, -0.15) is 4.98 Å². The summed E-state index contributed by atoms with van der Waals surface area (Å²) in [5.74, 6) is 3.84. The van der Waals surface area contributed by atoms with Crippen LogP contribution in [0.5, 0.6) is 0 Å². The molecule has 0 radical (unpaired) electrons. The Labute approximate surface area is 133 Å². The molecule has 2 aromatic rings. The van der Waals surface area contributed by atoms with Crippen LogP contribution in [0.25, 0.3) is 11.5 Å². The van der Waals surface area contributed by atoms with Gasteiger partial charge in [-0.3, -0.25) is 0 Å². The third-order valence-corrected chi connectivity index (χ3v) is 6.61. The fourth-order valence-corrected chi connectivity index (χ4v) is 5.02. The topological polar surface area (TPSA) is 51.0 Å². The summed E-state index contributed by atoms with van der Waals surface area (Å²) in [5, 5.41) is 7.22. The van der Waals surface area contributed by atoms with E-state index in [9.17, 15) is 0 Å². The molecular formula is C15H19N3OS2. The quantitative estimate of drug-likeness (QED) is 0.911. The van der Waals surface area contributed by atoms with Crippen molar-refractivity contribution in [3.05, 3.63) is 35.7 Å². The lowest BCUT2D eigenvalue weighted by Gasteiger charge is -2.07. The Morgan fingerprint density at radius 3 is 2.67 bits per heavy atom. The van der Waals surface area contributed by atoms with E-state index in [4.69, 9.17) is 4.52 Å². The highest BCUT2D eigenvalue weighted by atomic mass is 32.2. The molecule has 1 aromatic carbocycles. The summed E-state index contributed by atoms with van der Waals surface area (Å²) in [6.07, 6.45) is 0.771. The highest BCUT2D eigenvalue weighted by Crippen LogP contribution is 2.45. The number of nitrogens with zero attached hydrogens (tertiary/aromatic N) is 2. The summed E-state index contributed by atoms with van der Waals surface area (Å²) in [7, 11) is 1.93. The van der Waals surface area contributed by atoms with Gasteiger partial charge in [0.25, 0.3) is 5.89 Å². The first-order valence-corrected chi connectivity index (χ1v) is 9.19. The zero-order valence-corrected chi connectivity index (χ0v) is 13.8. The Morgan fingerprint density at radius 1 is 1.29 bits per heavy atom. The van der Waals surface area contributed by atoms with Gasteiger partial charge < -0.3 is 9.84 Å². The molecule has 1 saturated heterocycles. The molecule has 1 aliphatic heterocycles. The average molecular weight is 321 g/mol. The zero-order chi connectivity index (χ0) is 14.7. The second kappa shape index (κ2) is 6.85. The van der Waals surface area contributed by atoms with Crippen LogP contribution in [0.4, 0.5) is 0 Å². The van der Waals surface area contributed by atoms with Gasteiger partial charge in [-0.25, -0.2) is 0 Å². The number of likely N-dealkylation sites (N-methyl/N-ethyl adjacent to an activating group) is 1. The van der Waals surface area contributed by atoms with Crippen molar-refractivity contribution in [1.82, 2.24) is 15.5 Å². The summed E-state index contributed by atoms with van der Waals surface area (Å²) in [5.41, 5.74) is 2.36. The Hall–Kier alpha value is -0.980. The minimum Gasteiger partial charge on any atom is -0.334 e. The Morgan fingerprint density at radius 2 is 2.00 bits per heavy atom. The minimum atomic E-state index is 0.342. The van der Waals surface area contributed by atoms with Crippen molar-refractivity contribution in [1.29, 1.82) is 0 Å². The standard InChI is InChI=1S/C15H19N3OS2/c1-10(16-2)9-13-17-14(19-18-13)11-3-5-12(6-4-11)15-20-7-8-21-15/h3-6,10,15-16H,7-9H2,1-2H3. The maximum Gasteiger partial charge on any atom is 0.257 e. The molecule has 1 fully saturated rings. The predicted octanol–water partition coefficient (Wildman–Crippen LogP) is 3.37. The summed E-state index contributed by atoms with van der Waals surface area (Å²) in [6, 6.07) is 8.84. The molecule has 112 valence electrons. The van der Waals surface area contributed by atoms with Gasteiger partial charge >= 0.3 is 0 Å². The van der Waals surface area contributed by atoms with Crippen LogP contribution in [-0.4, -0.2) is 34.7 Å². The van der Waals surface area contributed by atoms with Gasteiger partial charge in [0.05, 0.1) is 4.58 Å². The van der Waals surface area contributed by atoms with Crippen LogP contribution in [0.1, 0.15) is 22.9 Å². The first kappa shape index (κ1) is 14.9. The number of nitrogens with one attached hydrogen (secondary N) is 1. The molecule has 3 rings (SSSR count). The SMILES string of the molecule is CNC(C)Cc1noc(-c2ccc(C3SCCS3)cc2)n1. The lowest BCUT2D eigenvalue weighted by atomic mass is 10.1. The third kappa shape index (κ3) is 3.62. The van der Waals surface area contributed by atoms with Crippen LogP contribution in [0, 0.1) is 0 Å². The van der Waals surface area contributed by atoms with Crippen molar-refractivity contribution in [2.24, 2.45) is 0 Å². The fourth-order valence-electron chi connectivity index (χ4n) is 2.16. The summed E-state index contributed by atoms with van der Waals surface area (Å²) in [6.45, 7) is 2.10. The van der Waals surface area contributed by atoms with Crippen molar-refractivity contribution >= 4 is 23.5 Å². The average Bonchev–Trinajstić information content (AvgIpc) is 3.19. The summed E-state index contributed by atoms with van der Waals surface area (Å²) in [4.78, 5) is 4.47. The molecular weight excluding hydrogens is 302 g/mol. The van der Waals surface area contributed by atoms with Gasteiger partial charge in [-0.05, 0) is 31.7 Å². The molecule has 0 aliphatic carbocycles. The molecule has 1 aromatic heterocycles. The van der Waals surface area contributed by atoms with Crippen molar-refractivity contribution in [2.45, 2.75) is 24.0 Å². The van der Waals surface area contributed by atoms with Gasteiger partial charge in [0, 0.05) is 29.5 Å². The van der Waals surface area contributed by atoms with E-state index < -0.39 is 0 Å². The number of hydrogen-bond donors (Lipinski definition) is 1. The highest BCUT2D eigenvalue weighted by molar-refractivity contribution is 8.19. The Kier molecular flexibility index (Phi) is 4.87. The molecule has 0 saturated carbocycles. The van der Waals surface area contributed by atoms with Crippen LogP contribution < -0.4 is 5.32 Å². The van der Waals surface area contributed by atoms with Crippen molar-refractivity contribution < 1.29 is 4.52 Å². The van der Waals surface area contributed by atoms with E-state index in [1.54, 1.807) is 0 Å². The maximum atomic E-state index is 5.36. The molecule has 1 aliphatic rings. The van der Waals surface area contributed by atoms with E-state index in [2.05, 4.69) is 46.6 Å². The molecule has 1 atom stereocenters. The predicted molar refractivity (Wildman–Crippen MR) is 89.6 cm³/mol. The highest BCUT2D eigenvalue weighted by Gasteiger charge is 2.18. The largest absolute Gasteiger partial charge is 0.334 e. The van der Waals surface area contributed by atoms with Crippen LogP contribution in [0.3, 0.4) is 0 Å². The number of thioether (sulfide) groups is 2. The smallest absolute Gasteiger partial charge is 0.257 e. The van der Waals surface area contributed by atoms with Crippen LogP contribution in [0.2, 0.25) is 0 Å². The zero-order valence-electron chi connectivity index (χ0n) is 12.2. The van der Waals surface area contributed by atoms with Gasteiger partial charge in [-0.15, -0.1) is 23.5 Å². The van der Waals surface area contributed by atoms with Crippen LogP contribution >= 0.6 is 23.5 Å². The molecule has 2 heterocycles. The Bertz CT molecular complexity index is 579. The summed E-state index contributed by atoms with van der Waals surface area (Å²) < 4.78 is 5.94. The lowest BCUT2D eigenvalue weighted by Crippen LogP contribution is -2.24. The van der Waals surface area contributed by atoms with E-state index >= 15 is 0 Å². The molecule has 0 bridgehead atoms. The fraction of sp³-hybridized carbons (Fsp3) is 0.467. The van der Waals surface area contributed by atoms with E-state index in [1.165, 1.54) is 17.1 Å². The lowest BCUT2D eigenvalue weighted by molar-refractivity contribution is 0.418. The molecule has 1 N–H and O–H groups in total. The second-order valence-corrected chi connectivity index (χ2v) is 7.83. The van der Waals surface area contributed by atoms with Crippen molar-refractivity contribution in [3.63, 3.8) is 0 Å². The number of hydrogen-bond acceptors (Lipinski definition) is 6. The van der Waals surface area contributed by atoms with Gasteiger partial charge in [0.2, 0.25) is 0 Å². The summed E-state index contributed by atoms with van der Waals surface area (Å²) >= 11 is 4.03. The van der Waals surface area contributed by atoms with Gasteiger partial charge in [-0.1, -0.05) is 17.3 Å². The molecule has 6 heteroatoms. The number of rotatable bonds is 5. The van der Waals surface area contributed by atoms with Crippen molar-refractivity contribution in [3.8, 4) is 11.5 Å². The maximum absolute atomic E-state index is 5.36. The molecule has 21 heavy (non-hydrogen) atoms. The minimum absolute atomic E-state index is 0.342. The monoisotopic (exact) mass is 321 g/mol. The Balaban J connectivity index is 1.71. The van der Waals surface area contributed by atoms with E-state index in [1.807, 2.05) is 30.6 Å². The molecule has 4 nitrogen and oxygen atoms in total. The molecule has 0 amide bonds. The van der Waals surface area contributed by atoms with Crippen LogP contribution in [0.15, 0.2) is 28.8 Å². The number of benzene rings is 1. The van der Waals surface area contributed by atoms with E-state index in [-0.39, 0.29) is 0 Å². The van der Waals surface area contributed by atoms with Gasteiger partial charge in [0.1, 0.15) is 0 Å². The normalized spacial score (nSPS) is 17.2.